The van der Waals surface area contributed by atoms with Crippen LogP contribution >= 0.6 is 0 Å². The van der Waals surface area contributed by atoms with Gasteiger partial charge in [0.05, 0.1) is 6.42 Å². The minimum atomic E-state index is -0.849. The Hall–Kier alpha value is -1.58. The second-order valence-corrected chi connectivity index (χ2v) is 3.92. The molecular formula is C11H15NO3. The molecule has 1 unspecified atom stereocenters. The van der Waals surface area contributed by atoms with Crippen molar-refractivity contribution in [1.82, 2.24) is 4.98 Å². The number of rotatable bonds is 4. The van der Waals surface area contributed by atoms with E-state index in [0.29, 0.717) is 5.69 Å². The van der Waals surface area contributed by atoms with Crippen molar-refractivity contribution in [3.8, 4) is 0 Å². The first kappa shape index (κ1) is 11.5. The summed E-state index contributed by atoms with van der Waals surface area (Å²) < 4.78 is 0. The second kappa shape index (κ2) is 4.77. The van der Waals surface area contributed by atoms with Gasteiger partial charge in [0.25, 0.3) is 0 Å². The molecule has 4 nitrogen and oxygen atoms in total. The van der Waals surface area contributed by atoms with Gasteiger partial charge in [0.1, 0.15) is 0 Å². The van der Waals surface area contributed by atoms with Gasteiger partial charge in [0.15, 0.2) is 0 Å². The van der Waals surface area contributed by atoms with E-state index >= 15 is 0 Å². The van der Waals surface area contributed by atoms with Gasteiger partial charge in [-0.15, -0.1) is 0 Å². The maximum absolute atomic E-state index is 11.1. The van der Waals surface area contributed by atoms with Crippen molar-refractivity contribution in [2.24, 2.45) is 5.92 Å². The molecule has 0 aliphatic carbocycles. The van der Waals surface area contributed by atoms with Crippen molar-refractivity contribution in [1.29, 1.82) is 0 Å². The Morgan fingerprint density at radius 2 is 2.13 bits per heavy atom. The zero-order chi connectivity index (χ0) is 11.4. The number of carboxylic acids is 1. The topological polar surface area (TPSA) is 70.2 Å². The average molecular weight is 209 g/mol. The quantitative estimate of drug-likeness (QED) is 0.791. The van der Waals surface area contributed by atoms with Gasteiger partial charge in [0.2, 0.25) is 5.56 Å². The summed E-state index contributed by atoms with van der Waals surface area (Å²) in [5.41, 5.74) is 0.503. The average Bonchev–Trinajstić information content (AvgIpc) is 2.13. The van der Waals surface area contributed by atoms with E-state index in [2.05, 4.69) is 4.98 Å². The molecule has 0 fully saturated rings. The molecule has 0 bridgehead atoms. The Morgan fingerprint density at radius 1 is 1.47 bits per heavy atom. The highest BCUT2D eigenvalue weighted by Crippen LogP contribution is 2.25. The summed E-state index contributed by atoms with van der Waals surface area (Å²) in [7, 11) is 0. The number of pyridine rings is 1. The summed E-state index contributed by atoms with van der Waals surface area (Å²) in [5, 5.41) is 8.77. The van der Waals surface area contributed by atoms with E-state index in [-0.39, 0.29) is 23.8 Å². The first-order chi connectivity index (χ1) is 7.00. The van der Waals surface area contributed by atoms with Crippen LogP contribution in [-0.2, 0) is 4.79 Å². The third-order valence-corrected chi connectivity index (χ3v) is 2.39. The number of aromatic nitrogens is 1. The van der Waals surface area contributed by atoms with Crippen LogP contribution in [0.1, 0.15) is 31.9 Å². The normalized spacial score (nSPS) is 12.7. The highest BCUT2D eigenvalue weighted by molar-refractivity contribution is 5.67. The van der Waals surface area contributed by atoms with E-state index in [1.54, 1.807) is 12.1 Å². The van der Waals surface area contributed by atoms with Gasteiger partial charge < -0.3 is 10.1 Å². The molecule has 0 saturated carbocycles. The number of H-pyrrole nitrogens is 1. The summed E-state index contributed by atoms with van der Waals surface area (Å²) >= 11 is 0. The van der Waals surface area contributed by atoms with Crippen molar-refractivity contribution in [2.45, 2.75) is 26.2 Å². The Balaban J connectivity index is 2.98. The number of carboxylic acid groups (broad SMARTS) is 1. The number of carbonyl (C=O) groups is 1. The van der Waals surface area contributed by atoms with E-state index in [9.17, 15) is 9.59 Å². The van der Waals surface area contributed by atoms with E-state index < -0.39 is 5.97 Å². The molecule has 15 heavy (non-hydrogen) atoms. The molecule has 1 aromatic rings. The minimum Gasteiger partial charge on any atom is -0.481 e. The van der Waals surface area contributed by atoms with E-state index in [0.717, 1.165) is 0 Å². The minimum absolute atomic E-state index is 0.0393. The predicted octanol–water partition coefficient (Wildman–Crippen LogP) is 1.59. The Labute approximate surface area is 88.0 Å². The third-order valence-electron chi connectivity index (χ3n) is 2.39. The van der Waals surface area contributed by atoms with E-state index in [4.69, 9.17) is 5.11 Å². The molecule has 1 rings (SSSR count). The molecule has 82 valence electrons. The largest absolute Gasteiger partial charge is 0.481 e. The lowest BCUT2D eigenvalue weighted by Crippen LogP contribution is -2.17. The Bertz CT molecular complexity index is 395. The lowest BCUT2D eigenvalue weighted by molar-refractivity contribution is -0.137. The van der Waals surface area contributed by atoms with Crippen LogP contribution in [-0.4, -0.2) is 16.1 Å². The smallest absolute Gasteiger partial charge is 0.304 e. The number of nitrogens with one attached hydrogen (secondary N) is 1. The van der Waals surface area contributed by atoms with E-state index in [1.807, 2.05) is 13.8 Å². The molecule has 0 amide bonds. The van der Waals surface area contributed by atoms with Crippen molar-refractivity contribution >= 4 is 5.97 Å². The summed E-state index contributed by atoms with van der Waals surface area (Å²) in [4.78, 5) is 24.5. The van der Waals surface area contributed by atoms with Gasteiger partial charge >= 0.3 is 5.97 Å². The molecule has 0 aliphatic heterocycles. The summed E-state index contributed by atoms with van der Waals surface area (Å²) in [5.74, 6) is -0.811. The van der Waals surface area contributed by atoms with Crippen LogP contribution in [0.5, 0.6) is 0 Å². The molecule has 0 aromatic carbocycles. The number of aromatic amines is 1. The molecule has 0 spiro atoms. The van der Waals surface area contributed by atoms with Crippen molar-refractivity contribution in [3.05, 3.63) is 34.2 Å². The van der Waals surface area contributed by atoms with Gasteiger partial charge in [-0.2, -0.15) is 0 Å². The van der Waals surface area contributed by atoms with Gasteiger partial charge in [-0.3, -0.25) is 9.59 Å². The summed E-state index contributed by atoms with van der Waals surface area (Å²) in [6.07, 6.45) is 0.0393. The fraction of sp³-hybridized carbons (Fsp3) is 0.455. The highest BCUT2D eigenvalue weighted by Gasteiger charge is 2.19. The van der Waals surface area contributed by atoms with Gasteiger partial charge in [-0.05, 0) is 12.0 Å². The fourth-order valence-electron chi connectivity index (χ4n) is 1.57. The van der Waals surface area contributed by atoms with Gasteiger partial charge in [-0.25, -0.2) is 0 Å². The van der Waals surface area contributed by atoms with Gasteiger partial charge in [-0.1, -0.05) is 19.9 Å². The third kappa shape index (κ3) is 3.23. The van der Waals surface area contributed by atoms with Crippen LogP contribution in [0.4, 0.5) is 0 Å². The lowest BCUT2D eigenvalue weighted by atomic mass is 9.89. The highest BCUT2D eigenvalue weighted by atomic mass is 16.4. The maximum atomic E-state index is 11.1. The first-order valence-corrected chi connectivity index (χ1v) is 4.91. The van der Waals surface area contributed by atoms with Gasteiger partial charge in [0, 0.05) is 17.7 Å². The SMILES string of the molecule is CC(C)C(CC(=O)O)c1cccc(=O)[nH]1. The molecule has 1 aromatic heterocycles. The molecule has 2 N–H and O–H groups in total. The van der Waals surface area contributed by atoms with Crippen molar-refractivity contribution in [2.75, 3.05) is 0 Å². The second-order valence-electron chi connectivity index (χ2n) is 3.92. The summed E-state index contributed by atoms with van der Waals surface area (Å²) in [6, 6.07) is 4.82. The first-order valence-electron chi connectivity index (χ1n) is 4.91. The van der Waals surface area contributed by atoms with Crippen LogP contribution < -0.4 is 5.56 Å². The monoisotopic (exact) mass is 209 g/mol. The Morgan fingerprint density at radius 3 is 2.60 bits per heavy atom. The van der Waals surface area contributed by atoms with Crippen LogP contribution in [0.25, 0.3) is 0 Å². The zero-order valence-corrected chi connectivity index (χ0v) is 8.86. The predicted molar refractivity (Wildman–Crippen MR) is 56.9 cm³/mol. The van der Waals surface area contributed by atoms with Crippen molar-refractivity contribution < 1.29 is 9.90 Å². The molecular weight excluding hydrogens is 194 g/mol. The molecule has 1 atom stereocenters. The number of aliphatic carboxylic acids is 1. The van der Waals surface area contributed by atoms with Crippen LogP contribution in [0.2, 0.25) is 0 Å². The lowest BCUT2D eigenvalue weighted by Gasteiger charge is -2.18. The van der Waals surface area contributed by atoms with Crippen molar-refractivity contribution in [3.63, 3.8) is 0 Å². The fourth-order valence-corrected chi connectivity index (χ4v) is 1.57. The standard InChI is InChI=1S/C11H15NO3/c1-7(2)8(6-11(14)15)9-4-3-5-10(13)12-9/h3-5,7-8H,6H2,1-2H3,(H,12,13)(H,14,15). The summed E-state index contributed by atoms with van der Waals surface area (Å²) in [6.45, 7) is 3.89. The molecule has 0 radical (unpaired) electrons. The molecule has 0 aliphatic rings. The number of hydrogen-bond donors (Lipinski definition) is 2. The molecule has 4 heteroatoms. The van der Waals surface area contributed by atoms with Crippen LogP contribution in [0, 0.1) is 5.92 Å². The zero-order valence-electron chi connectivity index (χ0n) is 8.86. The molecule has 1 heterocycles. The Kier molecular flexibility index (Phi) is 3.66. The van der Waals surface area contributed by atoms with Crippen LogP contribution in [0.15, 0.2) is 23.0 Å². The number of hydrogen-bond acceptors (Lipinski definition) is 2. The maximum Gasteiger partial charge on any atom is 0.304 e. The van der Waals surface area contributed by atoms with Crippen LogP contribution in [0.3, 0.4) is 0 Å². The van der Waals surface area contributed by atoms with E-state index in [1.165, 1.54) is 6.07 Å². The molecule has 0 saturated heterocycles.